The molecule has 1 atom stereocenters. The topological polar surface area (TPSA) is 66.5 Å². The van der Waals surface area contributed by atoms with Crippen molar-refractivity contribution in [3.05, 3.63) is 125 Å². The molecule has 0 aliphatic heterocycles. The molecular weight excluding hydrogens is 500 g/mol. The maximum Gasteiger partial charge on any atom is 0.264 e. The van der Waals surface area contributed by atoms with Gasteiger partial charge in [0.15, 0.2) is 0 Å². The predicted molar refractivity (Wildman–Crippen MR) is 152 cm³/mol. The Labute approximate surface area is 223 Å². The van der Waals surface area contributed by atoms with E-state index in [9.17, 15) is 13.2 Å². The molecule has 4 rings (SSSR count). The Hall–Kier alpha value is -3.55. The largest absolute Gasteiger partial charge is 0.344 e. The van der Waals surface area contributed by atoms with Gasteiger partial charge < -0.3 is 5.32 Å². The quantitative estimate of drug-likeness (QED) is 0.265. The number of rotatable bonds is 9. The molecule has 0 heterocycles. The molecule has 0 fully saturated rings. The highest BCUT2D eigenvalue weighted by Crippen LogP contribution is 2.27. The zero-order chi connectivity index (χ0) is 26.4. The molecule has 0 bridgehead atoms. The van der Waals surface area contributed by atoms with Gasteiger partial charge in [0.1, 0.15) is 6.54 Å². The number of sulfonamides is 1. The summed E-state index contributed by atoms with van der Waals surface area (Å²) in [6, 6.07) is 31.0. The third-order valence-corrected chi connectivity index (χ3v) is 8.60. The van der Waals surface area contributed by atoms with E-state index >= 15 is 0 Å². The monoisotopic (exact) mass is 530 g/mol. The molecule has 1 unspecified atom stereocenters. The van der Waals surface area contributed by atoms with Gasteiger partial charge in [-0.25, -0.2) is 8.42 Å². The van der Waals surface area contributed by atoms with Gasteiger partial charge in [-0.1, -0.05) is 77.9 Å². The summed E-state index contributed by atoms with van der Waals surface area (Å²) in [6.07, 6.45) is 1.93. The SMILES string of the molecule is CSc1ccc(S(=O)(=O)N(CC(=O)NC(c2ccccc2)c2cccc(C)c2)c2ccc(C)cc2)cc1. The Morgan fingerprint density at radius 3 is 2.08 bits per heavy atom. The summed E-state index contributed by atoms with van der Waals surface area (Å²) in [6.45, 7) is 3.58. The fraction of sp³-hybridized carbons (Fsp3) is 0.167. The van der Waals surface area contributed by atoms with Crippen LogP contribution in [0.3, 0.4) is 0 Å². The van der Waals surface area contributed by atoms with Gasteiger partial charge in [0, 0.05) is 4.90 Å². The van der Waals surface area contributed by atoms with Crippen LogP contribution >= 0.6 is 11.8 Å². The third kappa shape index (κ3) is 6.42. The zero-order valence-corrected chi connectivity index (χ0v) is 22.7. The number of nitrogens with one attached hydrogen (secondary N) is 1. The molecule has 0 aromatic heterocycles. The van der Waals surface area contributed by atoms with Gasteiger partial charge in [-0.3, -0.25) is 9.10 Å². The number of amides is 1. The van der Waals surface area contributed by atoms with Gasteiger partial charge in [-0.15, -0.1) is 11.8 Å². The number of hydrogen-bond acceptors (Lipinski definition) is 4. The molecule has 0 spiro atoms. The van der Waals surface area contributed by atoms with Crippen molar-refractivity contribution in [1.82, 2.24) is 5.32 Å². The number of anilines is 1. The number of carbonyl (C=O) groups is 1. The molecule has 0 aliphatic rings. The molecule has 0 saturated heterocycles. The number of hydrogen-bond donors (Lipinski definition) is 1. The maximum atomic E-state index is 13.8. The van der Waals surface area contributed by atoms with Crippen molar-refractivity contribution in [2.45, 2.75) is 29.7 Å². The maximum absolute atomic E-state index is 13.8. The van der Waals surface area contributed by atoms with Gasteiger partial charge in [0.25, 0.3) is 10.0 Å². The lowest BCUT2D eigenvalue weighted by molar-refractivity contribution is -0.120. The van der Waals surface area contributed by atoms with Crippen molar-refractivity contribution in [3.63, 3.8) is 0 Å². The van der Waals surface area contributed by atoms with Crippen molar-refractivity contribution >= 4 is 33.4 Å². The molecule has 4 aromatic rings. The van der Waals surface area contributed by atoms with Crippen LogP contribution in [-0.4, -0.2) is 27.1 Å². The van der Waals surface area contributed by atoms with E-state index in [4.69, 9.17) is 0 Å². The van der Waals surface area contributed by atoms with E-state index in [0.29, 0.717) is 5.69 Å². The molecule has 1 amide bonds. The Morgan fingerprint density at radius 1 is 0.811 bits per heavy atom. The lowest BCUT2D eigenvalue weighted by atomic mass is 9.97. The van der Waals surface area contributed by atoms with Gasteiger partial charge in [-0.05, 0) is 67.6 Å². The van der Waals surface area contributed by atoms with Crippen LogP contribution in [0.25, 0.3) is 0 Å². The number of benzene rings is 4. The summed E-state index contributed by atoms with van der Waals surface area (Å²) in [7, 11) is -4.00. The van der Waals surface area contributed by atoms with Gasteiger partial charge in [0.2, 0.25) is 5.91 Å². The fourth-order valence-electron chi connectivity index (χ4n) is 4.09. The first-order valence-electron chi connectivity index (χ1n) is 11.9. The lowest BCUT2D eigenvalue weighted by Crippen LogP contribution is -2.42. The number of nitrogens with zero attached hydrogens (tertiary/aromatic N) is 1. The molecule has 7 heteroatoms. The summed E-state index contributed by atoms with van der Waals surface area (Å²) >= 11 is 1.54. The van der Waals surface area contributed by atoms with Crippen LogP contribution in [0.15, 0.2) is 113 Å². The van der Waals surface area contributed by atoms with E-state index in [1.807, 2.05) is 86.8 Å². The Morgan fingerprint density at radius 2 is 1.46 bits per heavy atom. The second-order valence-corrected chi connectivity index (χ2v) is 11.6. The smallest absolute Gasteiger partial charge is 0.264 e. The predicted octanol–water partition coefficient (Wildman–Crippen LogP) is 6.13. The van der Waals surface area contributed by atoms with Crippen LogP contribution in [-0.2, 0) is 14.8 Å². The first-order valence-corrected chi connectivity index (χ1v) is 14.6. The van der Waals surface area contributed by atoms with Crippen molar-refractivity contribution in [3.8, 4) is 0 Å². The molecule has 0 aliphatic carbocycles. The highest BCUT2D eigenvalue weighted by atomic mass is 32.2. The van der Waals surface area contributed by atoms with E-state index < -0.39 is 22.0 Å². The van der Waals surface area contributed by atoms with E-state index in [2.05, 4.69) is 5.32 Å². The summed E-state index contributed by atoms with van der Waals surface area (Å²) in [5.41, 5.74) is 4.35. The molecular formula is C30H30N2O3S2. The number of carbonyl (C=O) groups excluding carboxylic acids is 1. The Kier molecular flexibility index (Phi) is 8.36. The van der Waals surface area contributed by atoms with Crippen LogP contribution in [0.1, 0.15) is 28.3 Å². The van der Waals surface area contributed by atoms with Crippen LogP contribution in [0.4, 0.5) is 5.69 Å². The van der Waals surface area contributed by atoms with Crippen LogP contribution in [0, 0.1) is 13.8 Å². The standard InChI is InChI=1S/C30H30N2O3S2/c1-22-12-14-26(15-13-22)32(37(34,35)28-18-16-27(36-3)17-19-28)21-29(33)31-30(24-9-5-4-6-10-24)25-11-7-8-23(2)20-25/h4-20,30H,21H2,1-3H3,(H,31,33). The van der Waals surface area contributed by atoms with E-state index in [0.717, 1.165) is 27.1 Å². The van der Waals surface area contributed by atoms with Crippen molar-refractivity contribution in [2.24, 2.45) is 0 Å². The minimum atomic E-state index is -4.00. The molecule has 0 radical (unpaired) electrons. The van der Waals surface area contributed by atoms with Gasteiger partial charge in [0.05, 0.1) is 16.6 Å². The molecule has 0 saturated carbocycles. The fourth-order valence-corrected chi connectivity index (χ4v) is 5.92. The molecule has 5 nitrogen and oxygen atoms in total. The number of aryl methyl sites for hydroxylation is 2. The molecule has 1 N–H and O–H groups in total. The first-order chi connectivity index (χ1) is 17.8. The van der Waals surface area contributed by atoms with E-state index in [1.165, 1.54) is 16.1 Å². The van der Waals surface area contributed by atoms with Crippen LogP contribution in [0.2, 0.25) is 0 Å². The minimum absolute atomic E-state index is 0.136. The van der Waals surface area contributed by atoms with Gasteiger partial charge in [-0.2, -0.15) is 0 Å². The zero-order valence-electron chi connectivity index (χ0n) is 21.1. The van der Waals surface area contributed by atoms with Crippen LogP contribution < -0.4 is 9.62 Å². The highest BCUT2D eigenvalue weighted by molar-refractivity contribution is 7.98. The van der Waals surface area contributed by atoms with Gasteiger partial charge >= 0.3 is 0 Å². The summed E-state index contributed by atoms with van der Waals surface area (Å²) in [5.74, 6) is -0.403. The van der Waals surface area contributed by atoms with E-state index in [-0.39, 0.29) is 11.4 Å². The Bertz CT molecular complexity index is 1450. The van der Waals surface area contributed by atoms with Crippen molar-refractivity contribution in [1.29, 1.82) is 0 Å². The molecule has 37 heavy (non-hydrogen) atoms. The summed E-state index contributed by atoms with van der Waals surface area (Å²) in [5, 5.41) is 3.08. The Balaban J connectivity index is 1.68. The number of thioether (sulfide) groups is 1. The van der Waals surface area contributed by atoms with Crippen molar-refractivity contribution < 1.29 is 13.2 Å². The normalized spacial score (nSPS) is 12.1. The third-order valence-electron chi connectivity index (χ3n) is 6.07. The molecule has 4 aromatic carbocycles. The average molecular weight is 531 g/mol. The second kappa shape index (κ2) is 11.7. The van der Waals surface area contributed by atoms with Crippen molar-refractivity contribution in [2.75, 3.05) is 17.1 Å². The minimum Gasteiger partial charge on any atom is -0.344 e. The second-order valence-electron chi connectivity index (χ2n) is 8.85. The summed E-state index contributed by atoms with van der Waals surface area (Å²) in [4.78, 5) is 14.6. The molecule has 190 valence electrons. The highest BCUT2D eigenvalue weighted by Gasteiger charge is 2.28. The van der Waals surface area contributed by atoms with Crippen LogP contribution in [0.5, 0.6) is 0 Å². The average Bonchev–Trinajstić information content (AvgIpc) is 2.91. The summed E-state index contributed by atoms with van der Waals surface area (Å²) < 4.78 is 28.7. The first kappa shape index (κ1) is 26.5. The van der Waals surface area contributed by atoms with E-state index in [1.54, 1.807) is 36.4 Å². The lowest BCUT2D eigenvalue weighted by Gasteiger charge is -2.26.